The van der Waals surface area contributed by atoms with E-state index in [9.17, 15) is 18.8 Å². The van der Waals surface area contributed by atoms with Crippen LogP contribution in [0, 0.1) is 12.7 Å². The average molecular weight is 333 g/mol. The van der Waals surface area contributed by atoms with Crippen LogP contribution in [0.5, 0.6) is 0 Å². The van der Waals surface area contributed by atoms with E-state index in [4.69, 9.17) is 5.11 Å². The molecule has 7 nitrogen and oxygen atoms in total. The van der Waals surface area contributed by atoms with E-state index in [1.165, 1.54) is 36.0 Å². The number of halogens is 1. The van der Waals surface area contributed by atoms with Crippen molar-refractivity contribution in [3.8, 4) is 5.69 Å². The summed E-state index contributed by atoms with van der Waals surface area (Å²) in [6, 6.07) is 7.04. The molecule has 24 heavy (non-hydrogen) atoms. The number of aliphatic carboxylic acids is 1. The van der Waals surface area contributed by atoms with E-state index < -0.39 is 28.8 Å². The average Bonchev–Trinajstić information content (AvgIpc) is 2.53. The van der Waals surface area contributed by atoms with Crippen molar-refractivity contribution in [2.45, 2.75) is 13.3 Å². The third kappa shape index (κ3) is 3.65. The molecule has 0 unspecified atom stereocenters. The standard InChI is InChI=1S/C16H16FN3O4/c1-10-9-13(21)15(16(24)19(2)8-7-14(22)23)18-20(10)12-6-4-3-5-11(12)17/h3-6,9H,7-8H2,1-2H3,(H,22,23). The van der Waals surface area contributed by atoms with Crippen LogP contribution in [0.4, 0.5) is 4.39 Å². The van der Waals surface area contributed by atoms with Gasteiger partial charge in [0.1, 0.15) is 11.5 Å². The van der Waals surface area contributed by atoms with Crippen molar-refractivity contribution >= 4 is 11.9 Å². The molecule has 1 amide bonds. The summed E-state index contributed by atoms with van der Waals surface area (Å²) < 4.78 is 15.1. The van der Waals surface area contributed by atoms with Gasteiger partial charge in [-0.2, -0.15) is 5.10 Å². The summed E-state index contributed by atoms with van der Waals surface area (Å²) in [6.07, 6.45) is -0.254. The lowest BCUT2D eigenvalue weighted by molar-refractivity contribution is -0.137. The number of hydrogen-bond donors (Lipinski definition) is 1. The van der Waals surface area contributed by atoms with E-state index in [0.29, 0.717) is 5.69 Å². The first-order valence-corrected chi connectivity index (χ1v) is 7.14. The lowest BCUT2D eigenvalue weighted by Gasteiger charge is -2.17. The monoisotopic (exact) mass is 333 g/mol. The van der Waals surface area contributed by atoms with Gasteiger partial charge in [0, 0.05) is 25.4 Å². The number of carbonyl (C=O) groups is 2. The van der Waals surface area contributed by atoms with Crippen LogP contribution < -0.4 is 5.43 Å². The number of para-hydroxylation sites is 1. The molecule has 1 aromatic heterocycles. The molecule has 0 radical (unpaired) electrons. The first-order chi connectivity index (χ1) is 11.3. The number of benzene rings is 1. The van der Waals surface area contributed by atoms with Gasteiger partial charge in [-0.25, -0.2) is 9.07 Å². The highest BCUT2D eigenvalue weighted by molar-refractivity contribution is 5.92. The topological polar surface area (TPSA) is 92.5 Å². The second kappa shape index (κ2) is 7.03. The zero-order valence-electron chi connectivity index (χ0n) is 13.2. The number of carboxylic acid groups (broad SMARTS) is 1. The van der Waals surface area contributed by atoms with Crippen LogP contribution in [-0.4, -0.2) is 45.3 Å². The van der Waals surface area contributed by atoms with Gasteiger partial charge in [0.15, 0.2) is 5.69 Å². The fourth-order valence-corrected chi connectivity index (χ4v) is 2.11. The second-order valence-corrected chi connectivity index (χ2v) is 5.23. The highest BCUT2D eigenvalue weighted by Crippen LogP contribution is 2.13. The van der Waals surface area contributed by atoms with Crippen LogP contribution in [0.25, 0.3) is 5.69 Å². The first kappa shape index (κ1) is 17.3. The molecular weight excluding hydrogens is 317 g/mol. The third-order valence-electron chi connectivity index (χ3n) is 3.40. The van der Waals surface area contributed by atoms with Crippen LogP contribution in [0.1, 0.15) is 22.6 Å². The van der Waals surface area contributed by atoms with Gasteiger partial charge in [0.05, 0.1) is 6.42 Å². The number of hydrogen-bond acceptors (Lipinski definition) is 4. The Kier molecular flexibility index (Phi) is 5.08. The Hall–Kier alpha value is -3.03. The van der Waals surface area contributed by atoms with Crippen LogP contribution >= 0.6 is 0 Å². The number of carboxylic acids is 1. The number of amides is 1. The SMILES string of the molecule is Cc1cc(=O)c(C(=O)N(C)CCC(=O)O)nn1-c1ccccc1F. The molecule has 126 valence electrons. The summed E-state index contributed by atoms with van der Waals surface area (Å²) in [5.41, 5.74) is -0.518. The molecule has 1 aromatic carbocycles. The summed E-state index contributed by atoms with van der Waals surface area (Å²) in [6.45, 7) is 1.51. The van der Waals surface area contributed by atoms with Crippen molar-refractivity contribution in [2.75, 3.05) is 13.6 Å². The maximum absolute atomic E-state index is 14.0. The Balaban J connectivity index is 2.43. The molecule has 0 saturated carbocycles. The minimum atomic E-state index is -1.06. The highest BCUT2D eigenvalue weighted by atomic mass is 19.1. The second-order valence-electron chi connectivity index (χ2n) is 5.23. The normalized spacial score (nSPS) is 10.5. The molecule has 1 heterocycles. The van der Waals surface area contributed by atoms with Crippen molar-refractivity contribution in [3.63, 3.8) is 0 Å². The molecule has 0 aliphatic rings. The molecule has 0 saturated heterocycles. The molecule has 1 N–H and O–H groups in total. The molecular formula is C16H16FN3O4. The van der Waals surface area contributed by atoms with Crippen molar-refractivity contribution in [3.05, 3.63) is 57.8 Å². The van der Waals surface area contributed by atoms with E-state index in [0.717, 1.165) is 4.90 Å². The zero-order valence-corrected chi connectivity index (χ0v) is 13.2. The zero-order chi connectivity index (χ0) is 17.9. The lowest BCUT2D eigenvalue weighted by atomic mass is 10.2. The highest BCUT2D eigenvalue weighted by Gasteiger charge is 2.20. The molecule has 0 fully saturated rings. The van der Waals surface area contributed by atoms with Gasteiger partial charge in [-0.1, -0.05) is 12.1 Å². The van der Waals surface area contributed by atoms with E-state index in [1.807, 2.05) is 0 Å². The molecule has 0 spiro atoms. The summed E-state index contributed by atoms with van der Waals surface area (Å²) in [5.74, 6) is -2.32. The lowest BCUT2D eigenvalue weighted by Crippen LogP contribution is -2.35. The Morgan fingerprint density at radius 3 is 2.62 bits per heavy atom. The Morgan fingerprint density at radius 2 is 2.00 bits per heavy atom. The maximum Gasteiger partial charge on any atom is 0.305 e. The minimum absolute atomic E-state index is 0.0666. The molecule has 2 rings (SSSR count). The number of rotatable bonds is 5. The van der Waals surface area contributed by atoms with Crippen LogP contribution in [0.15, 0.2) is 35.1 Å². The Labute approximate surface area is 137 Å². The van der Waals surface area contributed by atoms with Crippen molar-refractivity contribution in [1.29, 1.82) is 0 Å². The van der Waals surface area contributed by atoms with E-state index in [1.54, 1.807) is 13.0 Å². The predicted molar refractivity (Wildman–Crippen MR) is 83.7 cm³/mol. The van der Waals surface area contributed by atoms with Gasteiger partial charge in [-0.3, -0.25) is 14.4 Å². The van der Waals surface area contributed by atoms with Crippen LogP contribution in [0.3, 0.4) is 0 Å². The van der Waals surface area contributed by atoms with Crippen molar-refractivity contribution < 1.29 is 19.1 Å². The van der Waals surface area contributed by atoms with Gasteiger partial charge in [0.25, 0.3) is 5.91 Å². The van der Waals surface area contributed by atoms with Gasteiger partial charge >= 0.3 is 5.97 Å². The number of aryl methyl sites for hydroxylation is 1. The summed E-state index contributed by atoms with van der Waals surface area (Å²) in [7, 11) is 1.37. The molecule has 0 aliphatic heterocycles. The van der Waals surface area contributed by atoms with E-state index in [-0.39, 0.29) is 18.7 Å². The quantitative estimate of drug-likeness (QED) is 0.888. The fourth-order valence-electron chi connectivity index (χ4n) is 2.11. The Bertz CT molecular complexity index is 847. The van der Waals surface area contributed by atoms with Gasteiger partial charge in [-0.15, -0.1) is 0 Å². The first-order valence-electron chi connectivity index (χ1n) is 7.14. The molecule has 0 atom stereocenters. The molecule has 8 heteroatoms. The third-order valence-corrected chi connectivity index (χ3v) is 3.40. The molecule has 2 aromatic rings. The Morgan fingerprint density at radius 1 is 1.33 bits per heavy atom. The van der Waals surface area contributed by atoms with Crippen LogP contribution in [0.2, 0.25) is 0 Å². The van der Waals surface area contributed by atoms with E-state index in [2.05, 4.69) is 5.10 Å². The minimum Gasteiger partial charge on any atom is -0.481 e. The smallest absolute Gasteiger partial charge is 0.305 e. The summed E-state index contributed by atoms with van der Waals surface area (Å²) in [4.78, 5) is 36.1. The van der Waals surface area contributed by atoms with Crippen molar-refractivity contribution in [1.82, 2.24) is 14.7 Å². The molecule has 0 aliphatic carbocycles. The van der Waals surface area contributed by atoms with Crippen molar-refractivity contribution in [2.24, 2.45) is 0 Å². The van der Waals surface area contributed by atoms with Crippen LogP contribution in [-0.2, 0) is 4.79 Å². The number of aromatic nitrogens is 2. The summed E-state index contributed by atoms with van der Waals surface area (Å²) >= 11 is 0. The largest absolute Gasteiger partial charge is 0.481 e. The number of carbonyl (C=O) groups excluding carboxylic acids is 1. The van der Waals surface area contributed by atoms with Gasteiger partial charge in [0.2, 0.25) is 5.43 Å². The van der Waals surface area contributed by atoms with Gasteiger partial charge < -0.3 is 10.0 Å². The molecule has 0 bridgehead atoms. The maximum atomic E-state index is 14.0. The van der Waals surface area contributed by atoms with E-state index >= 15 is 0 Å². The summed E-state index contributed by atoms with van der Waals surface area (Å²) in [5, 5.41) is 12.6. The predicted octanol–water partition coefficient (Wildman–Crippen LogP) is 1.23. The number of nitrogens with zero attached hydrogens (tertiary/aromatic N) is 3. The fraction of sp³-hybridized carbons (Fsp3) is 0.250. The van der Waals surface area contributed by atoms with Gasteiger partial charge in [-0.05, 0) is 19.1 Å².